The van der Waals surface area contributed by atoms with E-state index in [2.05, 4.69) is 20.9 Å². The largest absolute Gasteiger partial charge is 0.441 e. The number of oxazole rings is 1. The van der Waals surface area contributed by atoms with Crippen LogP contribution in [0.15, 0.2) is 15.2 Å². The fraction of sp³-hybridized carbons (Fsp3) is 0.286. The van der Waals surface area contributed by atoms with Gasteiger partial charge >= 0.3 is 0 Å². The van der Waals surface area contributed by atoms with Crippen LogP contribution in [0.1, 0.15) is 11.6 Å². The van der Waals surface area contributed by atoms with Gasteiger partial charge in [0.2, 0.25) is 5.71 Å². The molecule has 0 radical (unpaired) electrons. The molecular weight excluding hydrogens is 208 g/mol. The minimum absolute atomic E-state index is 0.767. The second-order valence-corrected chi connectivity index (χ2v) is 3.22. The summed E-state index contributed by atoms with van der Waals surface area (Å²) in [5, 5.41) is 0. The molecule has 4 heteroatoms. The van der Waals surface area contributed by atoms with Crippen LogP contribution in [0.4, 0.5) is 0 Å². The number of fused-ring (bicyclic) bond motifs is 1. The molecule has 2 aromatic heterocycles. The molecule has 0 N–H and O–H groups in total. The highest BCUT2D eigenvalue weighted by atomic mass is 79.9. The van der Waals surface area contributed by atoms with Crippen molar-refractivity contribution in [2.24, 2.45) is 0 Å². The highest BCUT2D eigenvalue weighted by Crippen LogP contribution is 2.20. The van der Waals surface area contributed by atoms with E-state index in [0.29, 0.717) is 0 Å². The highest BCUT2D eigenvalue weighted by molar-refractivity contribution is 9.10. The first-order chi connectivity index (χ1) is 5.18. The summed E-state index contributed by atoms with van der Waals surface area (Å²) in [7, 11) is 0. The average Bonchev–Trinajstić information content (AvgIpc) is 2.38. The lowest BCUT2D eigenvalue weighted by atomic mass is 10.6. The molecule has 2 heterocycles. The van der Waals surface area contributed by atoms with E-state index in [0.717, 1.165) is 21.9 Å². The lowest BCUT2D eigenvalue weighted by Crippen LogP contribution is -1.80. The molecule has 58 valence electrons. The molecule has 11 heavy (non-hydrogen) atoms. The Morgan fingerprint density at radius 3 is 2.91 bits per heavy atom. The first-order valence-corrected chi connectivity index (χ1v) is 4.08. The lowest BCUT2D eigenvalue weighted by Gasteiger charge is -1.80. The maximum absolute atomic E-state index is 5.37. The van der Waals surface area contributed by atoms with Crippen LogP contribution in [0.25, 0.3) is 5.71 Å². The molecule has 0 atom stereocenters. The molecular formula is C7H7BrN2O. The van der Waals surface area contributed by atoms with Gasteiger partial charge in [-0.3, -0.25) is 4.40 Å². The normalized spacial score (nSPS) is 11.2. The second kappa shape index (κ2) is 2.11. The zero-order chi connectivity index (χ0) is 8.01. The van der Waals surface area contributed by atoms with Crippen LogP contribution in [0.5, 0.6) is 0 Å². The van der Waals surface area contributed by atoms with Gasteiger partial charge in [-0.25, -0.2) is 4.98 Å². The third kappa shape index (κ3) is 0.894. The molecule has 0 aliphatic rings. The monoisotopic (exact) mass is 214 g/mol. The second-order valence-electron chi connectivity index (χ2n) is 2.47. The average molecular weight is 215 g/mol. The SMILES string of the molecule is Cc1cn2c(C)nc(Br)c2o1. The molecule has 2 aromatic rings. The fourth-order valence-corrected chi connectivity index (χ4v) is 1.62. The van der Waals surface area contributed by atoms with E-state index >= 15 is 0 Å². The van der Waals surface area contributed by atoms with Gasteiger partial charge in [0.1, 0.15) is 11.6 Å². The van der Waals surface area contributed by atoms with Crippen molar-refractivity contribution in [2.75, 3.05) is 0 Å². The van der Waals surface area contributed by atoms with Crippen LogP contribution in [-0.2, 0) is 0 Å². The van der Waals surface area contributed by atoms with Gasteiger partial charge in [-0.2, -0.15) is 0 Å². The maximum Gasteiger partial charge on any atom is 0.238 e. The van der Waals surface area contributed by atoms with Gasteiger partial charge in [-0.15, -0.1) is 0 Å². The predicted octanol–water partition coefficient (Wildman–Crippen LogP) is 2.31. The topological polar surface area (TPSA) is 30.4 Å². The number of halogens is 1. The van der Waals surface area contributed by atoms with Crippen molar-refractivity contribution in [3.05, 3.63) is 22.4 Å². The van der Waals surface area contributed by atoms with E-state index in [9.17, 15) is 0 Å². The maximum atomic E-state index is 5.37. The van der Waals surface area contributed by atoms with E-state index < -0.39 is 0 Å². The van der Waals surface area contributed by atoms with Gasteiger partial charge in [0.05, 0.1) is 6.20 Å². The van der Waals surface area contributed by atoms with Gasteiger partial charge in [0.25, 0.3) is 0 Å². The number of nitrogens with zero attached hydrogens (tertiary/aromatic N) is 2. The number of hydrogen-bond acceptors (Lipinski definition) is 2. The number of imidazole rings is 1. The lowest BCUT2D eigenvalue weighted by molar-refractivity contribution is 0.571. The Morgan fingerprint density at radius 2 is 2.27 bits per heavy atom. The zero-order valence-electron chi connectivity index (χ0n) is 6.26. The molecule has 0 aliphatic carbocycles. The Hall–Kier alpha value is -0.770. The highest BCUT2D eigenvalue weighted by Gasteiger charge is 2.08. The minimum Gasteiger partial charge on any atom is -0.441 e. The summed E-state index contributed by atoms with van der Waals surface area (Å²) >= 11 is 3.31. The van der Waals surface area contributed by atoms with Crippen molar-refractivity contribution in [3.63, 3.8) is 0 Å². The first-order valence-electron chi connectivity index (χ1n) is 3.29. The van der Waals surface area contributed by atoms with Gasteiger partial charge in [-0.05, 0) is 29.8 Å². The number of rotatable bonds is 0. The van der Waals surface area contributed by atoms with Crippen LogP contribution in [0, 0.1) is 13.8 Å². The molecule has 0 aliphatic heterocycles. The standard InChI is InChI=1S/C7H7BrN2O/c1-4-3-10-5(2)9-6(8)7(10)11-4/h3H,1-2H3. The Morgan fingerprint density at radius 1 is 1.55 bits per heavy atom. The Balaban J connectivity index is 2.92. The van der Waals surface area contributed by atoms with E-state index in [1.54, 1.807) is 0 Å². The number of aryl methyl sites for hydroxylation is 2. The Labute approximate surface area is 72.2 Å². The van der Waals surface area contributed by atoms with Gasteiger partial charge in [-0.1, -0.05) is 0 Å². The van der Waals surface area contributed by atoms with Crippen LogP contribution in [0.2, 0.25) is 0 Å². The molecule has 2 rings (SSSR count). The number of aromatic nitrogens is 2. The predicted molar refractivity (Wildman–Crippen MR) is 44.6 cm³/mol. The smallest absolute Gasteiger partial charge is 0.238 e. The van der Waals surface area contributed by atoms with E-state index in [1.807, 2.05) is 24.4 Å². The third-order valence-corrected chi connectivity index (χ3v) is 2.09. The van der Waals surface area contributed by atoms with Crippen LogP contribution in [-0.4, -0.2) is 9.38 Å². The Bertz CT molecular complexity index is 367. The summed E-state index contributed by atoms with van der Waals surface area (Å²) in [4.78, 5) is 4.18. The first kappa shape index (κ1) is 6.91. The van der Waals surface area contributed by atoms with Crippen molar-refractivity contribution in [2.45, 2.75) is 13.8 Å². The molecule has 0 bridgehead atoms. The number of hydrogen-bond donors (Lipinski definition) is 0. The van der Waals surface area contributed by atoms with Gasteiger partial charge in [0.15, 0.2) is 4.60 Å². The quantitative estimate of drug-likeness (QED) is 0.674. The minimum atomic E-state index is 0.767. The molecule has 0 aromatic carbocycles. The molecule has 0 saturated heterocycles. The Kier molecular flexibility index (Phi) is 1.32. The summed E-state index contributed by atoms with van der Waals surface area (Å²) in [6.07, 6.45) is 1.92. The summed E-state index contributed by atoms with van der Waals surface area (Å²) in [5.41, 5.74) is 0.778. The summed E-state index contributed by atoms with van der Waals surface area (Å²) in [6, 6.07) is 0. The van der Waals surface area contributed by atoms with Crippen molar-refractivity contribution < 1.29 is 4.42 Å². The van der Waals surface area contributed by atoms with E-state index in [1.165, 1.54) is 0 Å². The van der Waals surface area contributed by atoms with Crippen molar-refractivity contribution in [1.82, 2.24) is 9.38 Å². The van der Waals surface area contributed by atoms with Crippen LogP contribution < -0.4 is 0 Å². The molecule has 0 spiro atoms. The van der Waals surface area contributed by atoms with Crippen molar-refractivity contribution in [3.8, 4) is 0 Å². The summed E-state index contributed by atoms with van der Waals surface area (Å²) in [5.74, 6) is 1.83. The van der Waals surface area contributed by atoms with E-state index in [-0.39, 0.29) is 0 Å². The van der Waals surface area contributed by atoms with Gasteiger partial charge < -0.3 is 4.42 Å². The van der Waals surface area contributed by atoms with E-state index in [4.69, 9.17) is 4.42 Å². The fourth-order valence-electron chi connectivity index (χ4n) is 1.09. The molecule has 3 nitrogen and oxygen atoms in total. The summed E-state index contributed by atoms with van der Waals surface area (Å²) < 4.78 is 8.06. The molecule has 0 unspecified atom stereocenters. The van der Waals surface area contributed by atoms with Gasteiger partial charge in [0, 0.05) is 0 Å². The third-order valence-electron chi connectivity index (χ3n) is 1.57. The molecule has 0 fully saturated rings. The van der Waals surface area contributed by atoms with Crippen molar-refractivity contribution in [1.29, 1.82) is 0 Å². The molecule has 0 amide bonds. The molecule has 0 saturated carbocycles. The summed E-state index contributed by atoms with van der Waals surface area (Å²) in [6.45, 7) is 3.85. The zero-order valence-corrected chi connectivity index (χ0v) is 7.84. The van der Waals surface area contributed by atoms with Crippen molar-refractivity contribution >= 4 is 21.6 Å². The van der Waals surface area contributed by atoms with Crippen LogP contribution >= 0.6 is 15.9 Å². The van der Waals surface area contributed by atoms with Crippen LogP contribution in [0.3, 0.4) is 0 Å².